The van der Waals surface area contributed by atoms with Gasteiger partial charge in [0, 0.05) is 5.92 Å². The van der Waals surface area contributed by atoms with Crippen molar-refractivity contribution < 1.29 is 4.74 Å². The van der Waals surface area contributed by atoms with E-state index in [-0.39, 0.29) is 0 Å². The van der Waals surface area contributed by atoms with Gasteiger partial charge in [0.05, 0.1) is 0 Å². The number of hydrogen-bond donors (Lipinski definition) is 0. The van der Waals surface area contributed by atoms with Crippen LogP contribution in [-0.2, 0) is 13.0 Å². The van der Waals surface area contributed by atoms with Crippen molar-refractivity contribution in [1.29, 1.82) is 0 Å². The first-order valence-corrected chi connectivity index (χ1v) is 10.8. The molecule has 0 aromatic heterocycles. The molecule has 0 N–H and O–H groups in total. The van der Waals surface area contributed by atoms with Gasteiger partial charge in [0.15, 0.2) is 0 Å². The van der Waals surface area contributed by atoms with Crippen LogP contribution in [0.15, 0.2) is 109 Å². The van der Waals surface area contributed by atoms with E-state index in [4.69, 9.17) is 4.74 Å². The van der Waals surface area contributed by atoms with E-state index in [2.05, 4.69) is 103 Å². The largest absolute Gasteiger partial charge is 0.489 e. The van der Waals surface area contributed by atoms with E-state index in [1.807, 2.05) is 6.07 Å². The van der Waals surface area contributed by atoms with E-state index in [1.165, 1.54) is 27.8 Å². The highest BCUT2D eigenvalue weighted by molar-refractivity contribution is 5.47. The van der Waals surface area contributed by atoms with Crippen molar-refractivity contribution in [3.8, 4) is 5.75 Å². The third kappa shape index (κ3) is 3.89. The monoisotopic (exact) mass is 390 g/mol. The van der Waals surface area contributed by atoms with E-state index >= 15 is 0 Å². The van der Waals surface area contributed by atoms with E-state index in [9.17, 15) is 0 Å². The molecule has 4 aromatic rings. The Morgan fingerprint density at radius 2 is 1.30 bits per heavy atom. The maximum Gasteiger partial charge on any atom is 0.120 e. The van der Waals surface area contributed by atoms with Crippen molar-refractivity contribution >= 4 is 0 Å². The molecule has 1 aliphatic rings. The van der Waals surface area contributed by atoms with E-state index < -0.39 is 0 Å². The average Bonchev–Trinajstić information content (AvgIpc) is 2.83. The van der Waals surface area contributed by atoms with Crippen LogP contribution in [0.4, 0.5) is 0 Å². The maximum atomic E-state index is 6.11. The zero-order valence-electron chi connectivity index (χ0n) is 17.1. The summed E-state index contributed by atoms with van der Waals surface area (Å²) >= 11 is 0. The Hall–Kier alpha value is -3.32. The van der Waals surface area contributed by atoms with Gasteiger partial charge in [-0.25, -0.2) is 0 Å². The highest BCUT2D eigenvalue weighted by atomic mass is 16.5. The number of hydrogen-bond acceptors (Lipinski definition) is 1. The molecule has 0 saturated carbocycles. The van der Waals surface area contributed by atoms with Gasteiger partial charge in [-0.3, -0.25) is 0 Å². The molecule has 0 saturated heterocycles. The minimum Gasteiger partial charge on any atom is -0.489 e. The topological polar surface area (TPSA) is 9.23 Å². The summed E-state index contributed by atoms with van der Waals surface area (Å²) in [6.07, 6.45) is 2.24. The van der Waals surface area contributed by atoms with Crippen LogP contribution < -0.4 is 4.74 Å². The van der Waals surface area contributed by atoms with Crippen molar-refractivity contribution in [2.75, 3.05) is 0 Å². The SMILES string of the molecule is c1ccc(COc2ccc3c(c2)CC[C@H](c2ccccc2)[C@@H]3c2ccccc2)cc1. The molecule has 1 nitrogen and oxygen atoms in total. The summed E-state index contributed by atoms with van der Waals surface area (Å²) in [5.74, 6) is 1.83. The van der Waals surface area contributed by atoms with E-state index in [1.54, 1.807) is 0 Å². The lowest BCUT2D eigenvalue weighted by Crippen LogP contribution is -2.20. The number of benzene rings is 4. The number of fused-ring (bicyclic) bond motifs is 1. The van der Waals surface area contributed by atoms with Crippen molar-refractivity contribution in [1.82, 2.24) is 0 Å². The van der Waals surface area contributed by atoms with Crippen molar-refractivity contribution in [3.63, 3.8) is 0 Å². The first-order chi connectivity index (χ1) is 14.9. The normalized spacial score (nSPS) is 17.9. The summed E-state index contributed by atoms with van der Waals surface area (Å²) in [5.41, 5.74) is 6.88. The van der Waals surface area contributed by atoms with Gasteiger partial charge < -0.3 is 4.74 Å². The van der Waals surface area contributed by atoms with Crippen LogP contribution in [0.1, 0.15) is 46.1 Å². The zero-order valence-corrected chi connectivity index (χ0v) is 17.1. The molecule has 0 bridgehead atoms. The first-order valence-electron chi connectivity index (χ1n) is 10.8. The fourth-order valence-electron chi connectivity index (χ4n) is 4.76. The van der Waals surface area contributed by atoms with Crippen LogP contribution in [0.2, 0.25) is 0 Å². The van der Waals surface area contributed by atoms with Gasteiger partial charge in [-0.15, -0.1) is 0 Å². The Balaban J connectivity index is 1.47. The van der Waals surface area contributed by atoms with E-state index in [0.29, 0.717) is 18.4 Å². The fourth-order valence-corrected chi connectivity index (χ4v) is 4.76. The summed E-state index contributed by atoms with van der Waals surface area (Å²) in [7, 11) is 0. The molecule has 0 fully saturated rings. The van der Waals surface area contributed by atoms with Gasteiger partial charge in [-0.2, -0.15) is 0 Å². The summed E-state index contributed by atoms with van der Waals surface area (Å²) in [6, 6.07) is 39.0. The Kier molecular flexibility index (Phi) is 5.35. The van der Waals surface area contributed by atoms with Crippen LogP contribution in [-0.4, -0.2) is 0 Å². The lowest BCUT2D eigenvalue weighted by molar-refractivity contribution is 0.305. The summed E-state index contributed by atoms with van der Waals surface area (Å²) in [4.78, 5) is 0. The predicted molar refractivity (Wildman–Crippen MR) is 123 cm³/mol. The lowest BCUT2D eigenvalue weighted by Gasteiger charge is -2.35. The van der Waals surface area contributed by atoms with Crippen molar-refractivity contribution in [3.05, 3.63) is 137 Å². The first kappa shape index (κ1) is 18.7. The van der Waals surface area contributed by atoms with Crippen molar-refractivity contribution in [2.45, 2.75) is 31.3 Å². The Labute approximate surface area is 179 Å². The van der Waals surface area contributed by atoms with Crippen molar-refractivity contribution in [2.24, 2.45) is 0 Å². The Morgan fingerprint density at radius 3 is 2.00 bits per heavy atom. The van der Waals surface area contributed by atoms with Crippen LogP contribution in [0.25, 0.3) is 0 Å². The molecule has 0 amide bonds. The molecule has 4 aromatic carbocycles. The standard InChI is InChI=1S/C29H26O/c1-4-10-22(11-5-1)21-30-26-17-19-28-25(20-26)16-18-27(23-12-6-2-7-13-23)29(28)24-14-8-3-9-15-24/h1-15,17,19-20,27,29H,16,18,21H2/t27-,29+/m1/s1. The van der Waals surface area contributed by atoms with Crippen LogP contribution in [0.5, 0.6) is 5.75 Å². The summed E-state index contributed by atoms with van der Waals surface area (Å²) in [5, 5.41) is 0. The van der Waals surface area contributed by atoms with Gasteiger partial charge in [-0.05, 0) is 58.7 Å². The maximum absolute atomic E-state index is 6.11. The molecular weight excluding hydrogens is 364 g/mol. The Bertz CT molecular complexity index is 1090. The van der Waals surface area contributed by atoms with Crippen LogP contribution in [0.3, 0.4) is 0 Å². The predicted octanol–water partition coefficient (Wildman–Crippen LogP) is 7.13. The molecule has 148 valence electrons. The second-order valence-electron chi connectivity index (χ2n) is 8.08. The average molecular weight is 391 g/mol. The summed E-state index contributed by atoms with van der Waals surface area (Å²) < 4.78 is 6.11. The second kappa shape index (κ2) is 8.59. The Morgan fingerprint density at radius 1 is 0.667 bits per heavy atom. The molecule has 1 aliphatic carbocycles. The number of aryl methyl sites for hydroxylation is 1. The van der Waals surface area contributed by atoms with Gasteiger partial charge in [0.2, 0.25) is 0 Å². The third-order valence-corrected chi connectivity index (χ3v) is 6.21. The smallest absolute Gasteiger partial charge is 0.120 e. The molecule has 0 aliphatic heterocycles. The molecule has 5 rings (SSSR count). The molecule has 1 heteroatoms. The molecular formula is C29H26O. The molecule has 0 heterocycles. The van der Waals surface area contributed by atoms with Crippen LogP contribution in [0, 0.1) is 0 Å². The fraction of sp³-hybridized carbons (Fsp3) is 0.172. The van der Waals surface area contributed by atoms with Gasteiger partial charge in [-0.1, -0.05) is 97.1 Å². The van der Waals surface area contributed by atoms with E-state index in [0.717, 1.165) is 18.6 Å². The second-order valence-corrected chi connectivity index (χ2v) is 8.08. The number of ether oxygens (including phenoxy) is 1. The van der Waals surface area contributed by atoms with Gasteiger partial charge in [0.1, 0.15) is 12.4 Å². The molecule has 30 heavy (non-hydrogen) atoms. The lowest BCUT2D eigenvalue weighted by atomic mass is 9.69. The summed E-state index contributed by atoms with van der Waals surface area (Å²) in [6.45, 7) is 0.606. The molecule has 2 atom stereocenters. The number of rotatable bonds is 5. The minimum absolute atomic E-state index is 0.375. The molecule has 0 spiro atoms. The van der Waals surface area contributed by atoms with Crippen LogP contribution >= 0.6 is 0 Å². The van der Waals surface area contributed by atoms with Gasteiger partial charge >= 0.3 is 0 Å². The minimum atomic E-state index is 0.375. The highest BCUT2D eigenvalue weighted by Crippen LogP contribution is 2.46. The highest BCUT2D eigenvalue weighted by Gasteiger charge is 2.32. The zero-order chi connectivity index (χ0) is 20.2. The molecule has 0 radical (unpaired) electrons. The third-order valence-electron chi connectivity index (χ3n) is 6.21. The molecule has 0 unspecified atom stereocenters. The quantitative estimate of drug-likeness (QED) is 0.352. The van der Waals surface area contributed by atoms with Gasteiger partial charge in [0.25, 0.3) is 0 Å².